The molecule has 0 saturated heterocycles. The van der Waals surface area contributed by atoms with E-state index in [9.17, 15) is 36.3 Å². The molecule has 4 rings (SSSR count). The quantitative estimate of drug-likeness (QED) is 0.130. The van der Waals surface area contributed by atoms with Gasteiger partial charge in [-0.25, -0.2) is 13.2 Å². The Hall–Kier alpha value is -2.54. The van der Waals surface area contributed by atoms with Gasteiger partial charge < -0.3 is 16.0 Å². The molecule has 0 unspecified atom stereocenters. The number of hydrogen-bond acceptors (Lipinski definition) is 3. The average molecular weight is 710 g/mol. The highest BCUT2D eigenvalue weighted by Crippen LogP contribution is 2.65. The van der Waals surface area contributed by atoms with Gasteiger partial charge in [0.2, 0.25) is 5.91 Å². The Labute approximate surface area is 263 Å². The van der Waals surface area contributed by atoms with E-state index in [0.29, 0.717) is 11.6 Å². The van der Waals surface area contributed by atoms with Crippen molar-refractivity contribution >= 4 is 104 Å². The second-order valence-electron chi connectivity index (χ2n) is 8.77. The van der Waals surface area contributed by atoms with Crippen LogP contribution in [0.15, 0.2) is 36.4 Å². The Morgan fingerprint density at radius 1 is 0.810 bits per heavy atom. The third-order valence-electron chi connectivity index (χ3n) is 6.03. The van der Waals surface area contributed by atoms with E-state index in [4.69, 9.17) is 69.6 Å². The van der Waals surface area contributed by atoms with Crippen molar-refractivity contribution in [1.82, 2.24) is 0 Å². The Bertz CT molecular complexity index is 1620. The second-order valence-corrected chi connectivity index (χ2v) is 11.8. The first kappa shape index (κ1) is 32.4. The third kappa shape index (κ3) is 6.36. The summed E-state index contributed by atoms with van der Waals surface area (Å²) in [5.74, 6) is -10.1. The van der Waals surface area contributed by atoms with Gasteiger partial charge in [-0.3, -0.25) is 14.4 Å². The maximum absolute atomic E-state index is 14.8. The molecule has 222 valence electrons. The Morgan fingerprint density at radius 3 is 2.02 bits per heavy atom. The summed E-state index contributed by atoms with van der Waals surface area (Å²) in [6.45, 7) is 0. The summed E-state index contributed by atoms with van der Waals surface area (Å²) >= 11 is 36.6. The predicted octanol–water partition coefficient (Wildman–Crippen LogP) is 8.70. The number of hydrogen-bond donors (Lipinski definition) is 3. The van der Waals surface area contributed by atoms with E-state index in [1.54, 1.807) is 0 Å². The molecule has 6 nitrogen and oxygen atoms in total. The molecule has 1 aliphatic rings. The first-order chi connectivity index (χ1) is 19.5. The topological polar surface area (TPSA) is 87.3 Å². The molecule has 0 heterocycles. The Morgan fingerprint density at radius 2 is 1.43 bits per heavy atom. The van der Waals surface area contributed by atoms with Gasteiger partial charge in [-0.15, -0.1) is 23.2 Å². The molecule has 2 atom stereocenters. The van der Waals surface area contributed by atoms with Crippen molar-refractivity contribution in [3.05, 3.63) is 85.1 Å². The van der Waals surface area contributed by atoms with Crippen LogP contribution in [0.25, 0.3) is 0 Å². The first-order valence-electron chi connectivity index (χ1n) is 11.2. The Kier molecular flexibility index (Phi) is 9.42. The van der Waals surface area contributed by atoms with E-state index in [1.807, 2.05) is 5.32 Å². The first-order valence-corrected chi connectivity index (χ1v) is 13.5. The van der Waals surface area contributed by atoms with Crippen LogP contribution in [-0.2, 0) is 9.59 Å². The summed E-state index contributed by atoms with van der Waals surface area (Å²) in [5.41, 5.74) is -2.53. The molecule has 3 amide bonds. The molecule has 3 aromatic carbocycles. The minimum absolute atomic E-state index is 0.0792. The zero-order chi connectivity index (χ0) is 31.3. The van der Waals surface area contributed by atoms with E-state index in [0.717, 1.165) is 18.2 Å². The van der Waals surface area contributed by atoms with Gasteiger partial charge in [0, 0.05) is 11.6 Å². The Balaban J connectivity index is 1.56. The molecule has 3 aromatic rings. The normalized spacial score (nSPS) is 17.1. The minimum atomic E-state index is -3.59. The van der Waals surface area contributed by atoms with Crippen LogP contribution in [0.2, 0.25) is 20.1 Å². The highest BCUT2D eigenvalue weighted by atomic mass is 35.5. The lowest BCUT2D eigenvalue weighted by Gasteiger charge is -2.14. The molecule has 0 aromatic heterocycles. The number of anilines is 3. The van der Waals surface area contributed by atoms with Crippen molar-refractivity contribution in [1.29, 1.82) is 0 Å². The number of alkyl halides is 4. The van der Waals surface area contributed by atoms with Crippen molar-refractivity contribution in [3.8, 4) is 0 Å². The lowest BCUT2D eigenvalue weighted by Crippen LogP contribution is -2.22. The third-order valence-corrected chi connectivity index (χ3v) is 8.55. The minimum Gasteiger partial charge on any atom is -0.326 e. The number of amides is 3. The van der Waals surface area contributed by atoms with E-state index >= 15 is 0 Å². The summed E-state index contributed by atoms with van der Waals surface area (Å²) in [6.07, 6.45) is -3.59. The molecule has 42 heavy (non-hydrogen) atoms. The molecule has 0 bridgehead atoms. The van der Waals surface area contributed by atoms with Gasteiger partial charge in [0.05, 0.1) is 37.3 Å². The predicted molar refractivity (Wildman–Crippen MR) is 151 cm³/mol. The largest absolute Gasteiger partial charge is 0.326 e. The van der Waals surface area contributed by atoms with Crippen molar-refractivity contribution in [2.75, 3.05) is 16.0 Å². The van der Waals surface area contributed by atoms with Gasteiger partial charge in [0.15, 0.2) is 5.82 Å². The molecule has 17 heteroatoms. The standard InChI is InChI=1S/C25H12Cl6F5N3O3/c26-10-3-7(4-11(27)18(10)29)15-16(25(15,30)31)23(41)37-8-5-9(17(28)13(33)6-8)22(40)38-14-2-1-12(32)20(19(14)34)39-24(42)21(35)36/h1-6,15-16,21H,(H,37,41)(H,38,40)(H,39,42)/t15-,16+/m0/s1. The second kappa shape index (κ2) is 12.2. The fourth-order valence-corrected chi connectivity index (χ4v) is 5.64. The molecular weight excluding hydrogens is 698 g/mol. The van der Waals surface area contributed by atoms with Gasteiger partial charge in [-0.2, -0.15) is 8.78 Å². The van der Waals surface area contributed by atoms with E-state index in [-0.39, 0.29) is 20.8 Å². The van der Waals surface area contributed by atoms with E-state index in [2.05, 4.69) is 5.32 Å². The van der Waals surface area contributed by atoms with Crippen LogP contribution in [-0.4, -0.2) is 28.5 Å². The molecule has 1 aliphatic carbocycles. The average Bonchev–Trinajstić information content (AvgIpc) is 3.49. The fraction of sp³-hybridized carbons (Fsp3) is 0.160. The summed E-state index contributed by atoms with van der Waals surface area (Å²) < 4.78 is 66.8. The number of rotatable bonds is 7. The molecule has 0 radical (unpaired) electrons. The molecule has 0 aliphatic heterocycles. The molecule has 1 saturated carbocycles. The fourth-order valence-electron chi connectivity index (χ4n) is 4.00. The van der Waals surface area contributed by atoms with Crippen LogP contribution in [0.5, 0.6) is 0 Å². The van der Waals surface area contributed by atoms with Gasteiger partial charge in [-0.1, -0.05) is 46.4 Å². The van der Waals surface area contributed by atoms with Crippen LogP contribution < -0.4 is 16.0 Å². The van der Waals surface area contributed by atoms with Crippen LogP contribution in [0, 0.1) is 23.4 Å². The summed E-state index contributed by atoms with van der Waals surface area (Å²) in [5, 5.41) is 5.22. The van der Waals surface area contributed by atoms with Crippen molar-refractivity contribution in [2.45, 2.75) is 16.7 Å². The highest BCUT2D eigenvalue weighted by molar-refractivity contribution is 6.54. The van der Waals surface area contributed by atoms with Crippen LogP contribution >= 0.6 is 69.6 Å². The number of carbonyl (C=O) groups excluding carboxylic acids is 3. The van der Waals surface area contributed by atoms with Gasteiger partial charge in [0.25, 0.3) is 11.8 Å². The number of halogens is 11. The van der Waals surface area contributed by atoms with Crippen LogP contribution in [0.4, 0.5) is 39.0 Å². The van der Waals surface area contributed by atoms with Crippen molar-refractivity contribution in [3.63, 3.8) is 0 Å². The van der Waals surface area contributed by atoms with Gasteiger partial charge in [0.1, 0.15) is 21.7 Å². The zero-order valence-electron chi connectivity index (χ0n) is 20.1. The van der Waals surface area contributed by atoms with Crippen LogP contribution in [0.3, 0.4) is 0 Å². The van der Waals surface area contributed by atoms with Crippen molar-refractivity contribution < 1.29 is 36.3 Å². The number of nitrogens with one attached hydrogen (secondary N) is 3. The van der Waals surface area contributed by atoms with E-state index in [1.165, 1.54) is 17.4 Å². The summed E-state index contributed by atoms with van der Waals surface area (Å²) in [6, 6.07) is 5.88. The van der Waals surface area contributed by atoms with E-state index < -0.39 is 79.7 Å². The number of benzene rings is 3. The molecule has 1 fully saturated rings. The van der Waals surface area contributed by atoms with Crippen LogP contribution in [0.1, 0.15) is 21.8 Å². The molecule has 0 spiro atoms. The lowest BCUT2D eigenvalue weighted by atomic mass is 10.1. The monoisotopic (exact) mass is 707 g/mol. The summed E-state index contributed by atoms with van der Waals surface area (Å²) in [7, 11) is 0. The maximum Gasteiger partial charge on any atom is 0.315 e. The smallest absolute Gasteiger partial charge is 0.315 e. The number of carbonyl (C=O) groups is 3. The van der Waals surface area contributed by atoms with Crippen molar-refractivity contribution in [2.24, 2.45) is 5.92 Å². The van der Waals surface area contributed by atoms with Gasteiger partial charge in [-0.05, 0) is 42.0 Å². The highest BCUT2D eigenvalue weighted by Gasteiger charge is 2.67. The lowest BCUT2D eigenvalue weighted by molar-refractivity contribution is -0.126. The maximum atomic E-state index is 14.8. The van der Waals surface area contributed by atoms with Gasteiger partial charge >= 0.3 is 6.43 Å². The SMILES string of the molecule is O=C(Nc1ccc(F)c(NC(=O)C(F)F)c1F)c1cc(NC(=O)[C@H]2[C@H](c3cc(Cl)c(Cl)c(Cl)c3)C2(Cl)Cl)cc(F)c1Cl. The molecule has 3 N–H and O–H groups in total. The summed E-state index contributed by atoms with van der Waals surface area (Å²) in [4.78, 5) is 37.1. The molecular formula is C25H12Cl6F5N3O3. The zero-order valence-corrected chi connectivity index (χ0v) is 24.6.